The quantitative estimate of drug-likeness (QED) is 0.341. The SMILES string of the molecule is Cc1ccc(S(=O)(=O)/N=c2\oc3ccc4ccccc4c3cc2-c2ccccc2)cc1. The summed E-state index contributed by atoms with van der Waals surface area (Å²) >= 11 is 0. The summed E-state index contributed by atoms with van der Waals surface area (Å²) < 4.78 is 36.2. The lowest BCUT2D eigenvalue weighted by molar-refractivity contribution is 0.543. The van der Waals surface area contributed by atoms with E-state index in [1.807, 2.05) is 79.7 Å². The average Bonchev–Trinajstić information content (AvgIpc) is 2.79. The van der Waals surface area contributed by atoms with Gasteiger partial charge in [0.15, 0.2) is 0 Å². The molecule has 5 heteroatoms. The van der Waals surface area contributed by atoms with Crippen LogP contribution in [0.5, 0.6) is 0 Å². The van der Waals surface area contributed by atoms with Crippen LogP contribution in [0.3, 0.4) is 0 Å². The van der Waals surface area contributed by atoms with E-state index in [0.29, 0.717) is 11.1 Å². The van der Waals surface area contributed by atoms with Crippen LogP contribution in [0.25, 0.3) is 32.9 Å². The van der Waals surface area contributed by atoms with Gasteiger partial charge in [-0.2, -0.15) is 8.42 Å². The first kappa shape index (κ1) is 19.3. The monoisotopic (exact) mass is 425 g/mol. The molecule has 0 aliphatic carbocycles. The molecule has 1 heterocycles. The Labute approximate surface area is 180 Å². The van der Waals surface area contributed by atoms with E-state index in [9.17, 15) is 8.42 Å². The van der Waals surface area contributed by atoms with Crippen LogP contribution in [0, 0.1) is 6.92 Å². The van der Waals surface area contributed by atoms with Gasteiger partial charge in [0.1, 0.15) is 5.58 Å². The zero-order valence-electron chi connectivity index (χ0n) is 16.8. The Balaban J connectivity index is 1.84. The smallest absolute Gasteiger partial charge is 0.285 e. The zero-order valence-corrected chi connectivity index (χ0v) is 17.6. The summed E-state index contributed by atoms with van der Waals surface area (Å²) in [5.41, 5.74) is 3.08. The van der Waals surface area contributed by atoms with Crippen molar-refractivity contribution in [3.63, 3.8) is 0 Å². The molecular weight excluding hydrogens is 406 g/mol. The van der Waals surface area contributed by atoms with Crippen molar-refractivity contribution in [1.82, 2.24) is 0 Å². The Kier molecular flexibility index (Phi) is 4.68. The standard InChI is InChI=1S/C26H19NO3S/c1-18-11-14-21(15-12-18)31(28,29)27-26-23(19-7-3-2-4-8-19)17-24-22-10-6-5-9-20(22)13-16-25(24)30-26/h2-17H,1H3/b27-26-. The summed E-state index contributed by atoms with van der Waals surface area (Å²) in [6, 6.07) is 30.0. The van der Waals surface area contributed by atoms with Crippen LogP contribution in [0.1, 0.15) is 5.56 Å². The lowest BCUT2D eigenvalue weighted by atomic mass is 10.0. The maximum absolute atomic E-state index is 13.0. The molecule has 152 valence electrons. The van der Waals surface area contributed by atoms with Gasteiger partial charge in [0.25, 0.3) is 10.0 Å². The maximum atomic E-state index is 13.0. The molecule has 1 aromatic heterocycles. The summed E-state index contributed by atoms with van der Waals surface area (Å²) in [5.74, 6) is 0. The minimum atomic E-state index is -3.94. The summed E-state index contributed by atoms with van der Waals surface area (Å²) in [6.07, 6.45) is 0. The second kappa shape index (κ2) is 7.52. The van der Waals surface area contributed by atoms with Crippen molar-refractivity contribution in [2.45, 2.75) is 11.8 Å². The van der Waals surface area contributed by atoms with Gasteiger partial charge in [0.05, 0.1) is 4.90 Å². The molecule has 0 aliphatic rings. The minimum absolute atomic E-state index is 0.0644. The third kappa shape index (κ3) is 3.64. The Hall–Kier alpha value is -3.70. The van der Waals surface area contributed by atoms with Gasteiger partial charge in [0, 0.05) is 10.9 Å². The number of nitrogens with zero attached hydrogens (tertiary/aromatic N) is 1. The molecule has 0 bridgehead atoms. The van der Waals surface area contributed by atoms with Crippen LogP contribution in [-0.4, -0.2) is 8.42 Å². The molecule has 4 nitrogen and oxygen atoms in total. The van der Waals surface area contributed by atoms with E-state index < -0.39 is 10.0 Å². The van der Waals surface area contributed by atoms with Crippen LogP contribution in [0.15, 0.2) is 111 Å². The van der Waals surface area contributed by atoms with Crippen molar-refractivity contribution >= 4 is 31.8 Å². The van der Waals surface area contributed by atoms with E-state index in [-0.39, 0.29) is 10.4 Å². The van der Waals surface area contributed by atoms with E-state index >= 15 is 0 Å². The van der Waals surface area contributed by atoms with Gasteiger partial charge >= 0.3 is 0 Å². The molecule has 0 radical (unpaired) electrons. The second-order valence-electron chi connectivity index (χ2n) is 7.41. The largest absolute Gasteiger partial charge is 0.437 e. The van der Waals surface area contributed by atoms with Crippen LogP contribution in [0.4, 0.5) is 0 Å². The van der Waals surface area contributed by atoms with Gasteiger partial charge in [-0.3, -0.25) is 0 Å². The van der Waals surface area contributed by atoms with Crippen molar-refractivity contribution in [1.29, 1.82) is 0 Å². The fraction of sp³-hybridized carbons (Fsp3) is 0.0385. The van der Waals surface area contributed by atoms with Gasteiger partial charge in [-0.05, 0) is 47.5 Å². The number of hydrogen-bond donors (Lipinski definition) is 0. The number of rotatable bonds is 3. The first-order valence-electron chi connectivity index (χ1n) is 9.90. The summed E-state index contributed by atoms with van der Waals surface area (Å²) in [5, 5.41) is 3.03. The van der Waals surface area contributed by atoms with Crippen LogP contribution >= 0.6 is 0 Å². The van der Waals surface area contributed by atoms with E-state index in [1.54, 1.807) is 24.3 Å². The summed E-state index contributed by atoms with van der Waals surface area (Å²) in [7, 11) is -3.94. The molecule has 0 saturated heterocycles. The normalized spacial score (nSPS) is 12.5. The third-order valence-electron chi connectivity index (χ3n) is 5.26. The molecule has 5 rings (SSSR count). The number of hydrogen-bond acceptors (Lipinski definition) is 3. The maximum Gasteiger partial charge on any atom is 0.285 e. The molecular formula is C26H19NO3S. The van der Waals surface area contributed by atoms with Crippen molar-refractivity contribution in [2.75, 3.05) is 0 Å². The molecule has 0 aliphatic heterocycles. The lowest BCUT2D eigenvalue weighted by Crippen LogP contribution is -2.11. The summed E-state index contributed by atoms with van der Waals surface area (Å²) in [4.78, 5) is 0.130. The Morgan fingerprint density at radius 1 is 0.742 bits per heavy atom. The Morgan fingerprint density at radius 2 is 1.45 bits per heavy atom. The molecule has 0 saturated carbocycles. The van der Waals surface area contributed by atoms with Crippen LogP contribution in [0.2, 0.25) is 0 Å². The fourth-order valence-electron chi connectivity index (χ4n) is 3.64. The third-order valence-corrected chi connectivity index (χ3v) is 6.54. The molecule has 31 heavy (non-hydrogen) atoms. The first-order chi connectivity index (χ1) is 15.0. The van der Waals surface area contributed by atoms with Crippen molar-refractivity contribution < 1.29 is 12.8 Å². The average molecular weight is 426 g/mol. The lowest BCUT2D eigenvalue weighted by Gasteiger charge is -2.08. The van der Waals surface area contributed by atoms with Gasteiger partial charge in [0.2, 0.25) is 5.55 Å². The highest BCUT2D eigenvalue weighted by Crippen LogP contribution is 2.28. The van der Waals surface area contributed by atoms with Crippen LogP contribution < -0.4 is 5.55 Å². The number of aryl methyl sites for hydroxylation is 1. The van der Waals surface area contributed by atoms with Crippen molar-refractivity contribution in [2.24, 2.45) is 4.40 Å². The van der Waals surface area contributed by atoms with Crippen LogP contribution in [-0.2, 0) is 10.0 Å². The van der Waals surface area contributed by atoms with Gasteiger partial charge in [-0.25, -0.2) is 0 Å². The van der Waals surface area contributed by atoms with Crippen molar-refractivity contribution in [3.05, 3.63) is 108 Å². The molecule has 5 aromatic rings. The van der Waals surface area contributed by atoms with E-state index in [1.165, 1.54) is 0 Å². The zero-order chi connectivity index (χ0) is 21.4. The predicted octanol–water partition coefficient (Wildman–Crippen LogP) is 5.85. The van der Waals surface area contributed by atoms with E-state index in [4.69, 9.17) is 4.42 Å². The number of sulfonamides is 1. The predicted molar refractivity (Wildman–Crippen MR) is 123 cm³/mol. The fourth-order valence-corrected chi connectivity index (χ4v) is 4.58. The minimum Gasteiger partial charge on any atom is -0.437 e. The topological polar surface area (TPSA) is 59.6 Å². The first-order valence-corrected chi connectivity index (χ1v) is 11.3. The molecule has 4 aromatic carbocycles. The molecule has 0 amide bonds. The molecule has 0 unspecified atom stereocenters. The van der Waals surface area contributed by atoms with Gasteiger partial charge in [-0.1, -0.05) is 78.4 Å². The van der Waals surface area contributed by atoms with Gasteiger partial charge in [-0.15, -0.1) is 4.40 Å². The highest BCUT2D eigenvalue weighted by atomic mass is 32.2. The second-order valence-corrected chi connectivity index (χ2v) is 9.01. The molecule has 0 atom stereocenters. The highest BCUT2D eigenvalue weighted by molar-refractivity contribution is 7.90. The number of benzene rings is 4. The molecule has 0 fully saturated rings. The Bertz CT molecular complexity index is 1580. The molecule has 0 spiro atoms. The Morgan fingerprint density at radius 3 is 2.23 bits per heavy atom. The highest BCUT2D eigenvalue weighted by Gasteiger charge is 2.16. The van der Waals surface area contributed by atoms with E-state index in [0.717, 1.165) is 27.3 Å². The van der Waals surface area contributed by atoms with E-state index in [2.05, 4.69) is 4.40 Å². The van der Waals surface area contributed by atoms with Gasteiger partial charge < -0.3 is 4.42 Å². The number of fused-ring (bicyclic) bond motifs is 3. The molecule has 0 N–H and O–H groups in total. The summed E-state index contributed by atoms with van der Waals surface area (Å²) in [6.45, 7) is 1.91. The van der Waals surface area contributed by atoms with Crippen molar-refractivity contribution in [3.8, 4) is 11.1 Å².